The molecule has 0 bridgehead atoms. The Balaban J connectivity index is 2.43. The van der Waals surface area contributed by atoms with E-state index >= 15 is 0 Å². The summed E-state index contributed by atoms with van der Waals surface area (Å²) in [5.74, 6) is -0.907. The average Bonchev–Trinajstić information content (AvgIpc) is 2.82. The van der Waals surface area contributed by atoms with Crippen molar-refractivity contribution in [2.75, 3.05) is 14.1 Å². The minimum atomic E-state index is -0.907. The third-order valence-corrected chi connectivity index (χ3v) is 3.98. The van der Waals surface area contributed by atoms with Crippen LogP contribution in [0.1, 0.15) is 14.7 Å². The van der Waals surface area contributed by atoms with Crippen molar-refractivity contribution in [1.82, 2.24) is 9.88 Å². The highest BCUT2D eigenvalue weighted by molar-refractivity contribution is 7.16. The molecule has 0 unspecified atom stereocenters. The second-order valence-electron chi connectivity index (χ2n) is 3.81. The van der Waals surface area contributed by atoms with Gasteiger partial charge in [0.05, 0.1) is 4.88 Å². The highest BCUT2D eigenvalue weighted by atomic mass is 32.1. The first-order chi connectivity index (χ1) is 8.08. The number of hydrogen-bond acceptors (Lipinski definition) is 5. The summed E-state index contributed by atoms with van der Waals surface area (Å²) in [6.07, 6.45) is 0. The quantitative estimate of drug-likeness (QED) is 0.926. The molecular weight excluding hydrogens is 256 g/mol. The zero-order valence-electron chi connectivity index (χ0n) is 9.51. The number of aromatic nitrogens is 1. The molecule has 2 rings (SSSR count). The Kier molecular flexibility index (Phi) is 3.56. The van der Waals surface area contributed by atoms with Crippen molar-refractivity contribution in [3.63, 3.8) is 0 Å². The van der Waals surface area contributed by atoms with Crippen LogP contribution in [-0.2, 0) is 6.54 Å². The fraction of sp³-hybridized carbons (Fsp3) is 0.273. The molecular formula is C11H12N2O2S2. The molecule has 0 aliphatic carbocycles. The number of hydrogen-bond donors (Lipinski definition) is 1. The zero-order chi connectivity index (χ0) is 12.4. The molecule has 0 aromatic carbocycles. The predicted molar refractivity (Wildman–Crippen MR) is 69.8 cm³/mol. The van der Waals surface area contributed by atoms with Gasteiger partial charge in [0, 0.05) is 6.54 Å². The Morgan fingerprint density at radius 1 is 1.53 bits per heavy atom. The van der Waals surface area contributed by atoms with E-state index in [1.165, 1.54) is 22.7 Å². The van der Waals surface area contributed by atoms with Crippen molar-refractivity contribution in [3.8, 4) is 10.6 Å². The molecule has 17 heavy (non-hydrogen) atoms. The standard InChI is InChI=1S/C11H12N2O2S2/c1-13(2)6-8-12-9(7-4-3-5-16-7)10(17-8)11(14)15/h3-5H,6H2,1-2H3,(H,14,15). The second kappa shape index (κ2) is 4.95. The lowest BCUT2D eigenvalue weighted by Gasteiger charge is -2.04. The van der Waals surface area contributed by atoms with Crippen LogP contribution in [0.5, 0.6) is 0 Å². The van der Waals surface area contributed by atoms with Crippen LogP contribution in [0.4, 0.5) is 0 Å². The molecule has 2 heterocycles. The van der Waals surface area contributed by atoms with E-state index in [2.05, 4.69) is 4.98 Å². The predicted octanol–water partition coefficient (Wildman–Crippen LogP) is 2.63. The monoisotopic (exact) mass is 268 g/mol. The molecule has 6 heteroatoms. The van der Waals surface area contributed by atoms with Crippen molar-refractivity contribution in [2.24, 2.45) is 0 Å². The van der Waals surface area contributed by atoms with Gasteiger partial charge < -0.3 is 10.0 Å². The molecule has 0 aliphatic rings. The van der Waals surface area contributed by atoms with Crippen molar-refractivity contribution < 1.29 is 9.90 Å². The van der Waals surface area contributed by atoms with Crippen LogP contribution in [0, 0.1) is 0 Å². The molecule has 1 N–H and O–H groups in total. The van der Waals surface area contributed by atoms with E-state index in [1.807, 2.05) is 36.5 Å². The van der Waals surface area contributed by atoms with Crippen molar-refractivity contribution in [3.05, 3.63) is 27.4 Å². The van der Waals surface area contributed by atoms with Gasteiger partial charge >= 0.3 is 5.97 Å². The summed E-state index contributed by atoms with van der Waals surface area (Å²) in [4.78, 5) is 18.8. The lowest BCUT2D eigenvalue weighted by atomic mass is 10.3. The average molecular weight is 268 g/mol. The fourth-order valence-corrected chi connectivity index (χ4v) is 3.25. The largest absolute Gasteiger partial charge is 0.477 e. The first kappa shape index (κ1) is 12.2. The third kappa shape index (κ3) is 2.71. The summed E-state index contributed by atoms with van der Waals surface area (Å²) in [6.45, 7) is 0.663. The minimum absolute atomic E-state index is 0.323. The Morgan fingerprint density at radius 2 is 2.29 bits per heavy atom. The van der Waals surface area contributed by atoms with E-state index in [0.29, 0.717) is 17.1 Å². The molecule has 0 saturated heterocycles. The Morgan fingerprint density at radius 3 is 2.82 bits per heavy atom. The summed E-state index contributed by atoms with van der Waals surface area (Å²) in [7, 11) is 3.87. The van der Waals surface area contributed by atoms with Gasteiger partial charge in [-0.05, 0) is 25.5 Å². The highest BCUT2D eigenvalue weighted by Crippen LogP contribution is 2.31. The van der Waals surface area contributed by atoms with Crippen molar-refractivity contribution in [2.45, 2.75) is 6.54 Å². The van der Waals surface area contributed by atoms with Crippen LogP contribution in [0.15, 0.2) is 17.5 Å². The second-order valence-corrected chi connectivity index (χ2v) is 5.84. The van der Waals surface area contributed by atoms with Crippen LogP contribution in [-0.4, -0.2) is 35.1 Å². The summed E-state index contributed by atoms with van der Waals surface area (Å²) in [5, 5.41) is 11.9. The van der Waals surface area contributed by atoms with Crippen molar-refractivity contribution >= 4 is 28.6 Å². The SMILES string of the molecule is CN(C)Cc1nc(-c2cccs2)c(C(=O)O)s1. The lowest BCUT2D eigenvalue weighted by Crippen LogP contribution is -2.10. The zero-order valence-corrected chi connectivity index (χ0v) is 11.1. The van der Waals surface area contributed by atoms with Crippen LogP contribution < -0.4 is 0 Å². The topological polar surface area (TPSA) is 53.4 Å². The summed E-state index contributed by atoms with van der Waals surface area (Å²) in [5.41, 5.74) is 0.592. The smallest absolute Gasteiger partial charge is 0.348 e. The van der Waals surface area contributed by atoms with E-state index in [9.17, 15) is 9.90 Å². The van der Waals surface area contributed by atoms with Gasteiger partial charge in [0.25, 0.3) is 0 Å². The summed E-state index contributed by atoms with van der Waals surface area (Å²) >= 11 is 2.76. The normalized spacial score (nSPS) is 11.0. The number of thiophene rings is 1. The van der Waals surface area contributed by atoms with Crippen LogP contribution in [0.25, 0.3) is 10.6 Å². The Bertz CT molecular complexity index is 518. The van der Waals surface area contributed by atoms with Gasteiger partial charge in [-0.2, -0.15) is 0 Å². The number of thiazole rings is 1. The van der Waals surface area contributed by atoms with Crippen LogP contribution in [0.3, 0.4) is 0 Å². The van der Waals surface area contributed by atoms with E-state index in [1.54, 1.807) is 0 Å². The number of aromatic carboxylic acids is 1. The molecule has 2 aromatic heterocycles. The van der Waals surface area contributed by atoms with Gasteiger partial charge in [0.2, 0.25) is 0 Å². The number of carboxylic acid groups (broad SMARTS) is 1. The fourth-order valence-electron chi connectivity index (χ4n) is 1.43. The molecule has 0 fully saturated rings. The van der Waals surface area contributed by atoms with Gasteiger partial charge in [0.15, 0.2) is 0 Å². The number of carbonyl (C=O) groups is 1. The van der Waals surface area contributed by atoms with Gasteiger partial charge in [-0.1, -0.05) is 6.07 Å². The van der Waals surface area contributed by atoms with E-state index in [0.717, 1.165) is 9.88 Å². The Labute approximate surface area is 107 Å². The van der Waals surface area contributed by atoms with E-state index < -0.39 is 5.97 Å². The maximum absolute atomic E-state index is 11.2. The molecule has 0 amide bonds. The molecule has 0 radical (unpaired) electrons. The molecule has 4 nitrogen and oxygen atoms in total. The molecule has 0 spiro atoms. The van der Waals surface area contributed by atoms with Gasteiger partial charge in [-0.3, -0.25) is 0 Å². The molecule has 0 saturated carbocycles. The Hall–Kier alpha value is -1.24. The summed E-state index contributed by atoms with van der Waals surface area (Å²) in [6, 6.07) is 3.79. The molecule has 0 atom stereocenters. The maximum Gasteiger partial charge on any atom is 0.348 e. The van der Waals surface area contributed by atoms with Gasteiger partial charge in [-0.25, -0.2) is 9.78 Å². The van der Waals surface area contributed by atoms with E-state index in [-0.39, 0.29) is 0 Å². The minimum Gasteiger partial charge on any atom is -0.477 e. The first-order valence-electron chi connectivity index (χ1n) is 4.99. The number of nitrogens with zero attached hydrogens (tertiary/aromatic N) is 2. The van der Waals surface area contributed by atoms with Crippen LogP contribution >= 0.6 is 22.7 Å². The molecule has 2 aromatic rings. The molecule has 0 aliphatic heterocycles. The van der Waals surface area contributed by atoms with E-state index in [4.69, 9.17) is 0 Å². The first-order valence-corrected chi connectivity index (χ1v) is 6.69. The summed E-state index contributed by atoms with van der Waals surface area (Å²) < 4.78 is 0. The maximum atomic E-state index is 11.2. The van der Waals surface area contributed by atoms with Gasteiger partial charge in [0.1, 0.15) is 15.6 Å². The van der Waals surface area contributed by atoms with Crippen molar-refractivity contribution in [1.29, 1.82) is 0 Å². The number of carboxylic acids is 1. The molecule has 90 valence electrons. The van der Waals surface area contributed by atoms with Crippen LogP contribution in [0.2, 0.25) is 0 Å². The lowest BCUT2D eigenvalue weighted by molar-refractivity contribution is 0.0703. The van der Waals surface area contributed by atoms with Gasteiger partial charge in [-0.15, -0.1) is 22.7 Å². The highest BCUT2D eigenvalue weighted by Gasteiger charge is 2.19. The number of rotatable bonds is 4. The third-order valence-electron chi connectivity index (χ3n) is 2.07.